The zero-order valence-corrected chi connectivity index (χ0v) is 9.91. The lowest BCUT2D eigenvalue weighted by atomic mass is 9.91. The second-order valence-corrected chi connectivity index (χ2v) is 4.29. The van der Waals surface area contributed by atoms with Crippen molar-refractivity contribution in [3.8, 4) is 0 Å². The highest BCUT2D eigenvalue weighted by Crippen LogP contribution is 2.26. The Morgan fingerprint density at radius 2 is 2.06 bits per heavy atom. The zero-order valence-electron chi connectivity index (χ0n) is 9.91. The standard InChI is InChI=1S/C13H20FNO/c1-3-4-10(8-15)13(16)11-5-9(2)6-12(14)7-11/h5-7,10,13,16H,3-4,8,15H2,1-2H3. The number of nitrogens with two attached hydrogens (primary N) is 1. The summed E-state index contributed by atoms with van der Waals surface area (Å²) in [6, 6.07) is 4.65. The van der Waals surface area contributed by atoms with Gasteiger partial charge in [0.05, 0.1) is 6.10 Å². The molecule has 0 aliphatic carbocycles. The van der Waals surface area contributed by atoms with Crippen LogP contribution < -0.4 is 5.73 Å². The van der Waals surface area contributed by atoms with Crippen LogP contribution in [0.2, 0.25) is 0 Å². The lowest BCUT2D eigenvalue weighted by molar-refractivity contribution is 0.106. The Balaban J connectivity index is 2.89. The van der Waals surface area contributed by atoms with Crippen LogP contribution in [0, 0.1) is 18.7 Å². The van der Waals surface area contributed by atoms with Crippen molar-refractivity contribution < 1.29 is 9.50 Å². The van der Waals surface area contributed by atoms with Gasteiger partial charge in [-0.15, -0.1) is 0 Å². The Labute approximate surface area is 96.3 Å². The van der Waals surface area contributed by atoms with Crippen molar-refractivity contribution in [2.45, 2.75) is 32.8 Å². The molecule has 1 aromatic rings. The van der Waals surface area contributed by atoms with E-state index >= 15 is 0 Å². The average molecular weight is 225 g/mol. The zero-order chi connectivity index (χ0) is 12.1. The molecule has 1 aromatic carbocycles. The topological polar surface area (TPSA) is 46.2 Å². The predicted octanol–water partition coefficient (Wildman–Crippen LogP) is 2.54. The lowest BCUT2D eigenvalue weighted by Gasteiger charge is -2.21. The van der Waals surface area contributed by atoms with Crippen LogP contribution in [0.15, 0.2) is 18.2 Å². The molecule has 0 bridgehead atoms. The Hall–Kier alpha value is -0.930. The molecule has 0 heterocycles. The molecule has 0 saturated heterocycles. The molecule has 3 heteroatoms. The minimum Gasteiger partial charge on any atom is -0.388 e. The van der Waals surface area contributed by atoms with E-state index in [0.29, 0.717) is 12.1 Å². The fourth-order valence-corrected chi connectivity index (χ4v) is 1.98. The summed E-state index contributed by atoms with van der Waals surface area (Å²) in [5, 5.41) is 10.1. The molecule has 2 atom stereocenters. The Kier molecular flexibility index (Phi) is 4.90. The van der Waals surface area contributed by atoms with Crippen molar-refractivity contribution in [2.24, 2.45) is 11.7 Å². The van der Waals surface area contributed by atoms with Gasteiger partial charge >= 0.3 is 0 Å². The van der Waals surface area contributed by atoms with Gasteiger partial charge in [-0.25, -0.2) is 4.39 Å². The first-order valence-corrected chi connectivity index (χ1v) is 5.73. The molecule has 0 fully saturated rings. The first-order valence-electron chi connectivity index (χ1n) is 5.73. The molecule has 3 N–H and O–H groups in total. The smallest absolute Gasteiger partial charge is 0.123 e. The molecule has 16 heavy (non-hydrogen) atoms. The monoisotopic (exact) mass is 225 g/mol. The SMILES string of the molecule is CCCC(CN)C(O)c1cc(C)cc(F)c1. The number of rotatable bonds is 5. The third-order valence-corrected chi connectivity index (χ3v) is 2.81. The van der Waals surface area contributed by atoms with E-state index in [0.717, 1.165) is 18.4 Å². The van der Waals surface area contributed by atoms with Crippen LogP contribution in [0.4, 0.5) is 4.39 Å². The average Bonchev–Trinajstić information content (AvgIpc) is 2.23. The van der Waals surface area contributed by atoms with Crippen LogP contribution in [-0.4, -0.2) is 11.7 Å². The highest BCUT2D eigenvalue weighted by molar-refractivity contribution is 5.25. The summed E-state index contributed by atoms with van der Waals surface area (Å²) in [4.78, 5) is 0. The molecule has 0 amide bonds. The molecular formula is C13H20FNO. The molecule has 90 valence electrons. The first kappa shape index (κ1) is 13.1. The van der Waals surface area contributed by atoms with Crippen LogP contribution in [0.25, 0.3) is 0 Å². The maximum absolute atomic E-state index is 13.2. The van der Waals surface area contributed by atoms with Gasteiger partial charge in [-0.2, -0.15) is 0 Å². The molecule has 0 radical (unpaired) electrons. The van der Waals surface area contributed by atoms with E-state index in [4.69, 9.17) is 5.73 Å². The number of aryl methyl sites for hydroxylation is 1. The third-order valence-electron chi connectivity index (χ3n) is 2.81. The molecule has 0 aliphatic rings. The van der Waals surface area contributed by atoms with Crippen molar-refractivity contribution in [1.29, 1.82) is 0 Å². The van der Waals surface area contributed by atoms with Crippen LogP contribution in [0.3, 0.4) is 0 Å². The summed E-state index contributed by atoms with van der Waals surface area (Å²) in [6.07, 6.45) is 1.15. The van der Waals surface area contributed by atoms with E-state index in [1.807, 2.05) is 19.9 Å². The number of hydrogen-bond donors (Lipinski definition) is 2. The number of aliphatic hydroxyl groups is 1. The summed E-state index contributed by atoms with van der Waals surface area (Å²) in [6.45, 7) is 4.29. The fourth-order valence-electron chi connectivity index (χ4n) is 1.98. The first-order chi connectivity index (χ1) is 7.58. The molecular weight excluding hydrogens is 205 g/mol. The van der Waals surface area contributed by atoms with E-state index in [9.17, 15) is 9.50 Å². The van der Waals surface area contributed by atoms with Crippen LogP contribution >= 0.6 is 0 Å². The van der Waals surface area contributed by atoms with Gasteiger partial charge in [0, 0.05) is 5.92 Å². The summed E-state index contributed by atoms with van der Waals surface area (Å²) in [5.74, 6) is -0.299. The molecule has 1 rings (SSSR count). The summed E-state index contributed by atoms with van der Waals surface area (Å²) < 4.78 is 13.2. The quantitative estimate of drug-likeness (QED) is 0.809. The van der Waals surface area contributed by atoms with E-state index < -0.39 is 6.10 Å². The van der Waals surface area contributed by atoms with Crippen LogP contribution in [0.1, 0.15) is 37.0 Å². The van der Waals surface area contributed by atoms with Crippen LogP contribution in [-0.2, 0) is 0 Å². The summed E-state index contributed by atoms with van der Waals surface area (Å²) >= 11 is 0. The maximum atomic E-state index is 13.2. The van der Waals surface area contributed by atoms with Crippen LogP contribution in [0.5, 0.6) is 0 Å². The Bertz CT molecular complexity index is 320. The third kappa shape index (κ3) is 3.29. The van der Waals surface area contributed by atoms with E-state index in [1.54, 1.807) is 0 Å². The second kappa shape index (κ2) is 5.97. The Morgan fingerprint density at radius 3 is 2.56 bits per heavy atom. The maximum Gasteiger partial charge on any atom is 0.123 e. The molecule has 2 nitrogen and oxygen atoms in total. The molecule has 0 aliphatic heterocycles. The largest absolute Gasteiger partial charge is 0.388 e. The van der Waals surface area contributed by atoms with Gasteiger partial charge in [-0.05, 0) is 43.1 Å². The minimum atomic E-state index is -0.667. The Morgan fingerprint density at radius 1 is 1.38 bits per heavy atom. The van der Waals surface area contributed by atoms with Crippen molar-refractivity contribution in [3.63, 3.8) is 0 Å². The van der Waals surface area contributed by atoms with Crippen molar-refractivity contribution in [2.75, 3.05) is 6.54 Å². The predicted molar refractivity (Wildman–Crippen MR) is 63.5 cm³/mol. The van der Waals surface area contributed by atoms with E-state index in [-0.39, 0.29) is 11.7 Å². The lowest BCUT2D eigenvalue weighted by Crippen LogP contribution is -2.22. The van der Waals surface area contributed by atoms with Gasteiger partial charge in [-0.3, -0.25) is 0 Å². The van der Waals surface area contributed by atoms with Gasteiger partial charge in [0.25, 0.3) is 0 Å². The van der Waals surface area contributed by atoms with Crippen molar-refractivity contribution >= 4 is 0 Å². The van der Waals surface area contributed by atoms with E-state index in [1.165, 1.54) is 12.1 Å². The van der Waals surface area contributed by atoms with Gasteiger partial charge in [0.1, 0.15) is 5.82 Å². The van der Waals surface area contributed by atoms with Crippen molar-refractivity contribution in [3.05, 3.63) is 35.1 Å². The van der Waals surface area contributed by atoms with Gasteiger partial charge in [0.2, 0.25) is 0 Å². The highest BCUT2D eigenvalue weighted by atomic mass is 19.1. The van der Waals surface area contributed by atoms with Gasteiger partial charge in [0.15, 0.2) is 0 Å². The van der Waals surface area contributed by atoms with Crippen molar-refractivity contribution in [1.82, 2.24) is 0 Å². The number of halogens is 1. The second-order valence-electron chi connectivity index (χ2n) is 4.29. The fraction of sp³-hybridized carbons (Fsp3) is 0.538. The summed E-state index contributed by atoms with van der Waals surface area (Å²) in [7, 11) is 0. The minimum absolute atomic E-state index is 0.00574. The molecule has 0 aromatic heterocycles. The molecule has 0 saturated carbocycles. The van der Waals surface area contributed by atoms with Gasteiger partial charge < -0.3 is 10.8 Å². The van der Waals surface area contributed by atoms with E-state index in [2.05, 4.69) is 0 Å². The number of hydrogen-bond acceptors (Lipinski definition) is 2. The normalized spacial score (nSPS) is 14.8. The number of aliphatic hydroxyl groups excluding tert-OH is 1. The summed E-state index contributed by atoms with van der Waals surface area (Å²) in [5.41, 5.74) is 7.07. The van der Waals surface area contributed by atoms with Gasteiger partial charge in [-0.1, -0.05) is 19.4 Å². The number of benzene rings is 1. The molecule has 0 spiro atoms. The highest BCUT2D eigenvalue weighted by Gasteiger charge is 2.19. The molecule has 2 unspecified atom stereocenters.